The fraction of sp³-hybridized carbons (Fsp3) is 0.636. The molecule has 1 saturated heterocycles. The van der Waals surface area contributed by atoms with Gasteiger partial charge >= 0.3 is 0 Å². The predicted octanol–water partition coefficient (Wildman–Crippen LogP) is 9.63. The average molecular weight is 475 g/mol. The largest absolute Gasteiger partial charge is 0.0708 e. The van der Waals surface area contributed by atoms with E-state index in [1.807, 2.05) is 0 Å². The summed E-state index contributed by atoms with van der Waals surface area (Å²) in [5, 5.41) is 1.71. The zero-order valence-electron chi connectivity index (χ0n) is 22.2. The second-order valence-corrected chi connectivity index (χ2v) is 14.9. The molecule has 2 fully saturated rings. The summed E-state index contributed by atoms with van der Waals surface area (Å²) in [7, 11) is -0.721. The first kappa shape index (κ1) is 25.7. The lowest BCUT2D eigenvalue weighted by molar-refractivity contribution is 0.303. The lowest BCUT2D eigenvalue weighted by Crippen LogP contribution is -2.33. The van der Waals surface area contributed by atoms with E-state index in [9.17, 15) is 0 Å². The summed E-state index contributed by atoms with van der Waals surface area (Å²) in [5.41, 5.74) is 4.37. The highest BCUT2D eigenvalue weighted by molar-refractivity contribution is 6.73. The van der Waals surface area contributed by atoms with Gasteiger partial charge in [-0.1, -0.05) is 144 Å². The first-order valence-corrected chi connectivity index (χ1v) is 17.2. The maximum absolute atomic E-state index is 2.48. The Balaban J connectivity index is 1.25. The molecule has 0 nitrogen and oxygen atoms in total. The van der Waals surface area contributed by atoms with Crippen molar-refractivity contribution in [2.24, 2.45) is 11.8 Å². The molecule has 0 atom stereocenters. The molecule has 0 unspecified atom stereocenters. The van der Waals surface area contributed by atoms with Gasteiger partial charge in [-0.2, -0.15) is 0 Å². The van der Waals surface area contributed by atoms with Gasteiger partial charge in [-0.15, -0.1) is 0 Å². The Morgan fingerprint density at radius 1 is 0.588 bits per heavy atom. The fourth-order valence-corrected chi connectivity index (χ4v) is 10.3. The van der Waals surface area contributed by atoms with Gasteiger partial charge in [-0.05, 0) is 60.1 Å². The number of unbranched alkanes of at least 4 members (excludes halogenated alkanes) is 4. The number of benzene rings is 2. The predicted molar refractivity (Wildman–Crippen MR) is 154 cm³/mol. The Labute approximate surface area is 212 Å². The van der Waals surface area contributed by atoms with Gasteiger partial charge < -0.3 is 0 Å². The standard InChI is InChI=1S/C33H50Si/c1-3-5-7-9-27-11-13-29(14-12-27)30-15-17-31(18-16-30)32-19-21-33(22-20-32)34-25-23-28(24-26-34)10-8-6-4-2/h15-22,27-29,34H,3-14,23-26H2,1-2H3. The fourth-order valence-electron chi connectivity index (χ4n) is 6.83. The second kappa shape index (κ2) is 13.7. The third-order valence-corrected chi connectivity index (χ3v) is 12.6. The molecular formula is C33H50Si. The summed E-state index contributed by atoms with van der Waals surface area (Å²) < 4.78 is 0. The van der Waals surface area contributed by atoms with Crippen LogP contribution in [0.3, 0.4) is 0 Å². The maximum Gasteiger partial charge on any atom is 0.0708 e. The quantitative estimate of drug-likeness (QED) is 0.224. The highest BCUT2D eigenvalue weighted by Gasteiger charge is 2.24. The smallest absolute Gasteiger partial charge is 0.0654 e. The van der Waals surface area contributed by atoms with Gasteiger partial charge in [0.1, 0.15) is 0 Å². The summed E-state index contributed by atoms with van der Waals surface area (Å²) in [5.74, 6) is 2.83. The van der Waals surface area contributed by atoms with Crippen LogP contribution >= 0.6 is 0 Å². The van der Waals surface area contributed by atoms with Crippen LogP contribution in [-0.2, 0) is 0 Å². The van der Waals surface area contributed by atoms with Crippen molar-refractivity contribution in [3.63, 3.8) is 0 Å². The molecule has 1 heterocycles. The Bertz CT molecular complexity index is 733. The van der Waals surface area contributed by atoms with E-state index in [0.717, 1.165) is 17.8 Å². The van der Waals surface area contributed by atoms with Crippen molar-refractivity contribution in [2.75, 3.05) is 0 Å². The van der Waals surface area contributed by atoms with Gasteiger partial charge in [0.25, 0.3) is 0 Å². The second-order valence-electron chi connectivity index (χ2n) is 11.7. The number of hydrogen-bond donors (Lipinski definition) is 0. The molecule has 0 aromatic heterocycles. The van der Waals surface area contributed by atoms with Crippen molar-refractivity contribution in [2.45, 2.75) is 122 Å². The molecule has 186 valence electrons. The van der Waals surface area contributed by atoms with E-state index in [4.69, 9.17) is 0 Å². The summed E-state index contributed by atoms with van der Waals surface area (Å²) in [6, 6.07) is 22.5. The van der Waals surface area contributed by atoms with Crippen molar-refractivity contribution in [1.29, 1.82) is 0 Å². The van der Waals surface area contributed by atoms with E-state index in [2.05, 4.69) is 62.4 Å². The summed E-state index contributed by atoms with van der Waals surface area (Å²) in [6.45, 7) is 4.64. The Kier molecular flexibility index (Phi) is 10.3. The molecule has 1 heteroatoms. The minimum absolute atomic E-state index is 0.721. The SMILES string of the molecule is CCCCCC1CCC(c2ccc(-c3ccc([SiH]4CCC(CCCCC)CC4)cc3)cc2)CC1. The zero-order valence-corrected chi connectivity index (χ0v) is 23.4. The molecule has 1 aliphatic heterocycles. The van der Waals surface area contributed by atoms with Crippen molar-refractivity contribution in [1.82, 2.24) is 0 Å². The third-order valence-electron chi connectivity index (χ3n) is 9.22. The minimum Gasteiger partial charge on any atom is -0.0654 e. The van der Waals surface area contributed by atoms with E-state index in [1.165, 1.54) is 113 Å². The highest BCUT2D eigenvalue weighted by atomic mass is 28.3. The van der Waals surface area contributed by atoms with Gasteiger partial charge in [0, 0.05) is 0 Å². The topological polar surface area (TPSA) is 0 Å². The molecule has 2 aliphatic rings. The molecule has 1 saturated carbocycles. The van der Waals surface area contributed by atoms with E-state index in [-0.39, 0.29) is 0 Å². The summed E-state index contributed by atoms with van der Waals surface area (Å²) in [6.07, 6.45) is 20.1. The van der Waals surface area contributed by atoms with Crippen LogP contribution in [0.2, 0.25) is 12.1 Å². The Morgan fingerprint density at radius 3 is 1.62 bits per heavy atom. The van der Waals surface area contributed by atoms with Gasteiger partial charge in [0.05, 0.1) is 8.80 Å². The first-order chi connectivity index (χ1) is 16.8. The molecule has 0 N–H and O–H groups in total. The minimum atomic E-state index is -0.721. The van der Waals surface area contributed by atoms with Crippen LogP contribution in [0.1, 0.15) is 115 Å². The van der Waals surface area contributed by atoms with E-state index < -0.39 is 8.80 Å². The van der Waals surface area contributed by atoms with Crippen LogP contribution in [0.15, 0.2) is 48.5 Å². The molecule has 0 spiro atoms. The lowest BCUT2D eigenvalue weighted by atomic mass is 9.77. The van der Waals surface area contributed by atoms with E-state index in [0.29, 0.717) is 0 Å². The molecular weight excluding hydrogens is 424 g/mol. The van der Waals surface area contributed by atoms with Gasteiger partial charge in [0.2, 0.25) is 0 Å². The number of hydrogen-bond acceptors (Lipinski definition) is 0. The maximum atomic E-state index is 2.48. The molecule has 34 heavy (non-hydrogen) atoms. The normalized spacial score (nSPS) is 25.4. The average Bonchev–Trinajstić information content (AvgIpc) is 2.90. The Morgan fingerprint density at radius 2 is 1.09 bits per heavy atom. The highest BCUT2D eigenvalue weighted by Crippen LogP contribution is 2.38. The molecule has 2 aromatic rings. The van der Waals surface area contributed by atoms with Crippen LogP contribution < -0.4 is 5.19 Å². The van der Waals surface area contributed by atoms with Gasteiger partial charge in [-0.25, -0.2) is 0 Å². The van der Waals surface area contributed by atoms with Crippen molar-refractivity contribution in [3.8, 4) is 11.1 Å². The molecule has 0 amide bonds. The van der Waals surface area contributed by atoms with E-state index in [1.54, 1.807) is 10.8 Å². The summed E-state index contributed by atoms with van der Waals surface area (Å²) >= 11 is 0. The van der Waals surface area contributed by atoms with Gasteiger partial charge in [-0.3, -0.25) is 0 Å². The molecule has 4 rings (SSSR count). The monoisotopic (exact) mass is 474 g/mol. The zero-order chi connectivity index (χ0) is 23.6. The van der Waals surface area contributed by atoms with Gasteiger partial charge in [0.15, 0.2) is 0 Å². The first-order valence-electron chi connectivity index (χ1n) is 15.0. The lowest BCUT2D eigenvalue weighted by Gasteiger charge is -2.29. The summed E-state index contributed by atoms with van der Waals surface area (Å²) in [4.78, 5) is 0. The van der Waals surface area contributed by atoms with Crippen LogP contribution in [-0.4, -0.2) is 8.80 Å². The van der Waals surface area contributed by atoms with Crippen LogP contribution in [0.25, 0.3) is 11.1 Å². The molecule has 0 radical (unpaired) electrons. The molecule has 2 aromatic carbocycles. The Hall–Kier alpha value is -1.34. The van der Waals surface area contributed by atoms with Crippen LogP contribution in [0.4, 0.5) is 0 Å². The third kappa shape index (κ3) is 7.33. The number of rotatable bonds is 11. The van der Waals surface area contributed by atoms with Crippen molar-refractivity contribution >= 4 is 14.0 Å². The van der Waals surface area contributed by atoms with Crippen LogP contribution in [0, 0.1) is 11.8 Å². The molecule has 0 bridgehead atoms. The molecule has 1 aliphatic carbocycles. The van der Waals surface area contributed by atoms with Crippen LogP contribution in [0.5, 0.6) is 0 Å². The van der Waals surface area contributed by atoms with E-state index >= 15 is 0 Å². The van der Waals surface area contributed by atoms with Crippen molar-refractivity contribution < 1.29 is 0 Å². The van der Waals surface area contributed by atoms with Crippen molar-refractivity contribution in [3.05, 3.63) is 54.1 Å².